The third kappa shape index (κ3) is 15.8. The first-order valence-electron chi connectivity index (χ1n) is 12.4. The van der Waals surface area contributed by atoms with Gasteiger partial charge in [-0.15, -0.1) is 0 Å². The molecule has 2 nitrogen and oxygen atoms in total. The molecule has 0 aliphatic rings. The van der Waals surface area contributed by atoms with Gasteiger partial charge in [0.15, 0.2) is 0 Å². The van der Waals surface area contributed by atoms with E-state index in [2.05, 4.69) is 41.5 Å². The van der Waals surface area contributed by atoms with E-state index < -0.39 is 17.6 Å². The third-order valence-corrected chi connectivity index (χ3v) is 20.1. The maximum absolute atomic E-state index is 6.29. The van der Waals surface area contributed by atoms with E-state index in [0.29, 0.717) is 10.1 Å². The fourth-order valence-corrected chi connectivity index (χ4v) is 21.4. The monoisotopic (exact) mass is 498 g/mol. The maximum atomic E-state index is 6.29. The molecule has 0 heterocycles. The van der Waals surface area contributed by atoms with Gasteiger partial charge in [0, 0.05) is 13.2 Å². The van der Waals surface area contributed by atoms with Crippen molar-refractivity contribution in [3.05, 3.63) is 0 Å². The highest BCUT2D eigenvalue weighted by atomic mass is 33.5. The summed E-state index contributed by atoms with van der Waals surface area (Å²) in [5.41, 5.74) is 0. The molecule has 176 valence electrons. The summed E-state index contributed by atoms with van der Waals surface area (Å²) < 4.78 is 12.6. The fraction of sp³-hybridized carbons (Fsp3) is 1.00. The van der Waals surface area contributed by atoms with E-state index >= 15 is 0 Å². The summed E-state index contributed by atoms with van der Waals surface area (Å²) in [4.78, 5) is 0. The summed E-state index contributed by atoms with van der Waals surface area (Å²) in [7, 11) is 4.33. The molecule has 7 heteroatoms. The Labute approximate surface area is 198 Å². The van der Waals surface area contributed by atoms with Crippen molar-refractivity contribution < 1.29 is 9.47 Å². The highest BCUT2D eigenvalue weighted by Crippen LogP contribution is 2.44. The first-order valence-corrected chi connectivity index (χ1v) is 20.6. The molecular weight excluding hydrogens is 449 g/mol. The molecule has 0 amide bonds. The minimum absolute atomic E-state index is 0.462. The number of rotatable bonds is 22. The van der Waals surface area contributed by atoms with Crippen LogP contribution in [0.1, 0.15) is 92.9 Å². The van der Waals surface area contributed by atoms with Gasteiger partial charge in [0.05, 0.1) is 27.7 Å². The Kier molecular flexibility index (Phi) is 23.7. The van der Waals surface area contributed by atoms with Gasteiger partial charge in [-0.05, 0) is 23.7 Å². The number of ether oxygens (including phenoxy) is 2. The van der Waals surface area contributed by atoms with Gasteiger partial charge in [-0.1, -0.05) is 125 Å². The van der Waals surface area contributed by atoms with Gasteiger partial charge < -0.3 is 9.47 Å². The molecule has 2 unspecified atom stereocenters. The van der Waals surface area contributed by atoms with Crippen LogP contribution in [0.2, 0.25) is 24.2 Å². The quantitative estimate of drug-likeness (QED) is 0.0843. The van der Waals surface area contributed by atoms with E-state index in [-0.39, 0.29) is 0 Å². The lowest BCUT2D eigenvalue weighted by atomic mass is 10.4. The first-order chi connectivity index (χ1) is 14.2. The molecule has 0 aliphatic heterocycles. The molecule has 0 spiro atoms. The largest absolute Gasteiger partial charge is 0.371 e. The normalized spacial score (nSPS) is 14.1. The predicted octanol–water partition coefficient (Wildman–Crippen LogP) is 8.47. The van der Waals surface area contributed by atoms with Crippen LogP contribution in [0, 0.1) is 0 Å². The Morgan fingerprint density at radius 2 is 0.862 bits per heavy atom. The van der Waals surface area contributed by atoms with E-state index in [0.717, 1.165) is 13.2 Å². The van der Waals surface area contributed by atoms with Crippen molar-refractivity contribution >= 4 is 49.0 Å². The molecule has 0 saturated carbocycles. The van der Waals surface area contributed by atoms with Crippen molar-refractivity contribution in [2.24, 2.45) is 0 Å². The van der Waals surface area contributed by atoms with Gasteiger partial charge in [-0.3, -0.25) is 0 Å². The van der Waals surface area contributed by atoms with Gasteiger partial charge in [0.2, 0.25) is 0 Å². The van der Waals surface area contributed by atoms with Crippen LogP contribution in [-0.4, -0.2) is 40.9 Å². The molecule has 0 aromatic heterocycles. The summed E-state index contributed by atoms with van der Waals surface area (Å²) in [6.45, 7) is 15.3. The van der Waals surface area contributed by atoms with E-state index in [1.807, 2.05) is 31.4 Å². The van der Waals surface area contributed by atoms with Crippen LogP contribution in [0.5, 0.6) is 0 Å². The van der Waals surface area contributed by atoms with Crippen LogP contribution < -0.4 is 0 Å². The van der Waals surface area contributed by atoms with Crippen LogP contribution in [-0.2, 0) is 9.47 Å². The second kappa shape index (κ2) is 22.6. The minimum Gasteiger partial charge on any atom is -0.371 e. The van der Waals surface area contributed by atoms with Gasteiger partial charge in [-0.2, -0.15) is 0 Å². The molecule has 2 atom stereocenters. The van der Waals surface area contributed by atoms with E-state index in [4.69, 9.17) is 9.47 Å². The summed E-state index contributed by atoms with van der Waals surface area (Å²) >= 11 is 0. The van der Waals surface area contributed by atoms with Crippen LogP contribution >= 0.6 is 31.4 Å². The fourth-order valence-electron chi connectivity index (χ4n) is 3.61. The molecular formula is C22H50O2S3Si2. The van der Waals surface area contributed by atoms with Crippen molar-refractivity contribution in [3.8, 4) is 0 Å². The zero-order valence-corrected chi connectivity index (χ0v) is 25.0. The molecule has 0 aromatic rings. The van der Waals surface area contributed by atoms with E-state index in [1.54, 1.807) is 0 Å². The molecule has 0 rings (SSSR count). The zero-order valence-electron chi connectivity index (χ0n) is 20.3. The van der Waals surface area contributed by atoms with Gasteiger partial charge in [0.25, 0.3) is 0 Å². The Bertz CT molecular complexity index is 295. The van der Waals surface area contributed by atoms with Crippen molar-refractivity contribution in [1.29, 1.82) is 0 Å². The average Bonchev–Trinajstić information content (AvgIpc) is 2.73. The second-order valence-corrected chi connectivity index (χ2v) is 19.8. The smallest absolute Gasteiger partial charge is 0.0987 e. The summed E-state index contributed by atoms with van der Waals surface area (Å²) in [6.07, 6.45) is 10.8. The van der Waals surface area contributed by atoms with Crippen LogP contribution in [0.25, 0.3) is 0 Å². The van der Waals surface area contributed by atoms with Crippen LogP contribution in [0.3, 0.4) is 0 Å². The second-order valence-electron chi connectivity index (χ2n) is 8.00. The van der Waals surface area contributed by atoms with Gasteiger partial charge in [0.1, 0.15) is 0 Å². The number of hydrogen-bond acceptors (Lipinski definition) is 5. The van der Waals surface area contributed by atoms with Gasteiger partial charge in [-0.25, -0.2) is 0 Å². The van der Waals surface area contributed by atoms with Crippen molar-refractivity contribution in [1.82, 2.24) is 0 Å². The van der Waals surface area contributed by atoms with Gasteiger partial charge >= 0.3 is 0 Å². The lowest BCUT2D eigenvalue weighted by Crippen LogP contribution is -2.31. The average molecular weight is 499 g/mol. The lowest BCUT2D eigenvalue weighted by Gasteiger charge is -2.27. The van der Waals surface area contributed by atoms with Crippen LogP contribution in [0.4, 0.5) is 0 Å². The van der Waals surface area contributed by atoms with E-state index in [1.165, 1.54) is 75.5 Å². The molecule has 29 heavy (non-hydrogen) atoms. The minimum atomic E-state index is -0.865. The SMILES string of the molecule is CCCC[SiH](CCCC)C(OCC)SSSC(OCC)[SiH](CCCC)CCCC. The molecule has 0 fully saturated rings. The van der Waals surface area contributed by atoms with Crippen molar-refractivity contribution in [2.45, 2.75) is 127 Å². The summed E-state index contributed by atoms with van der Waals surface area (Å²) in [6, 6.07) is 5.77. The Balaban J connectivity index is 4.84. The highest BCUT2D eigenvalue weighted by molar-refractivity contribution is 9.09. The molecule has 0 saturated heterocycles. The summed E-state index contributed by atoms with van der Waals surface area (Å²) in [5.74, 6) is 0. The number of hydrogen-bond donors (Lipinski definition) is 0. The van der Waals surface area contributed by atoms with Crippen LogP contribution in [0.15, 0.2) is 0 Å². The summed E-state index contributed by atoms with van der Waals surface area (Å²) in [5, 5.41) is 0.925. The van der Waals surface area contributed by atoms with Crippen molar-refractivity contribution in [3.63, 3.8) is 0 Å². The zero-order chi connectivity index (χ0) is 21.7. The number of unbranched alkanes of at least 4 members (excludes halogenated alkanes) is 4. The van der Waals surface area contributed by atoms with E-state index in [9.17, 15) is 0 Å². The predicted molar refractivity (Wildman–Crippen MR) is 147 cm³/mol. The topological polar surface area (TPSA) is 18.5 Å². The van der Waals surface area contributed by atoms with Crippen molar-refractivity contribution in [2.75, 3.05) is 13.2 Å². The molecule has 0 aliphatic carbocycles. The molecule has 0 radical (unpaired) electrons. The Morgan fingerprint density at radius 3 is 1.10 bits per heavy atom. The maximum Gasteiger partial charge on any atom is 0.0987 e. The Morgan fingerprint density at radius 1 is 0.552 bits per heavy atom. The molecule has 0 aromatic carbocycles. The lowest BCUT2D eigenvalue weighted by molar-refractivity contribution is 0.168. The molecule has 0 N–H and O–H groups in total. The highest BCUT2D eigenvalue weighted by Gasteiger charge is 2.27. The Hall–Kier alpha value is 1.40. The third-order valence-electron chi connectivity index (χ3n) is 5.41. The molecule has 0 bridgehead atoms. The first kappa shape index (κ1) is 30.4. The standard InChI is InChI=1S/C22H50O2S3Si2/c1-7-13-17-28(18-14-8-2)21(23-11-5)25-27-26-22(24-12-6)29(19-15-9-3)20-16-10-4/h21-22,28-29H,7-20H2,1-6H3.